The average Bonchev–Trinajstić information content (AvgIpc) is 2.47. The van der Waals surface area contributed by atoms with Crippen molar-refractivity contribution in [3.8, 4) is 0 Å². The smallest absolute Gasteiger partial charge is 0.204 e. The van der Waals surface area contributed by atoms with Crippen molar-refractivity contribution in [3.63, 3.8) is 0 Å². The van der Waals surface area contributed by atoms with E-state index in [1.165, 1.54) is 10.8 Å². The third kappa shape index (κ3) is 2.50. The first-order valence-corrected chi connectivity index (χ1v) is 8.00. The molecular weight excluding hydrogens is 316 g/mol. The van der Waals surface area contributed by atoms with Gasteiger partial charge in [0.15, 0.2) is 0 Å². The van der Waals surface area contributed by atoms with E-state index in [1.54, 1.807) is 0 Å². The van der Waals surface area contributed by atoms with Gasteiger partial charge in [-0.2, -0.15) is 0 Å². The molecule has 1 saturated heterocycles. The maximum Gasteiger partial charge on any atom is 0.204 e. The molecule has 0 radical (unpaired) electrons. The van der Waals surface area contributed by atoms with Crippen LogP contribution in [0.3, 0.4) is 0 Å². The zero-order valence-corrected chi connectivity index (χ0v) is 13.4. The first kappa shape index (κ1) is 14.1. The second-order valence-corrected chi connectivity index (χ2v) is 6.75. The van der Waals surface area contributed by atoms with Gasteiger partial charge in [0, 0.05) is 11.0 Å². The van der Waals surface area contributed by atoms with E-state index < -0.39 is 5.79 Å². The standard InChI is InChI=1S/C17H19BrO2/c1-16(2)11-19-17(10-18,20-12-16)15-8-7-13-5-3-4-6-14(13)9-15/h3-9H,10-12H2,1-2H3. The highest BCUT2D eigenvalue weighted by Crippen LogP contribution is 2.38. The van der Waals surface area contributed by atoms with Gasteiger partial charge in [-0.25, -0.2) is 0 Å². The lowest BCUT2D eigenvalue weighted by Gasteiger charge is -2.43. The topological polar surface area (TPSA) is 18.5 Å². The molecule has 0 atom stereocenters. The Morgan fingerprint density at radius 2 is 1.65 bits per heavy atom. The second kappa shape index (κ2) is 5.14. The highest BCUT2D eigenvalue weighted by atomic mass is 79.9. The predicted molar refractivity (Wildman–Crippen MR) is 85.1 cm³/mol. The van der Waals surface area contributed by atoms with Crippen LogP contribution >= 0.6 is 15.9 Å². The quantitative estimate of drug-likeness (QED) is 0.755. The molecule has 1 fully saturated rings. The molecule has 106 valence electrons. The van der Waals surface area contributed by atoms with Crippen molar-refractivity contribution in [2.75, 3.05) is 18.5 Å². The van der Waals surface area contributed by atoms with Crippen LogP contribution in [0, 0.1) is 5.41 Å². The molecule has 0 N–H and O–H groups in total. The maximum atomic E-state index is 6.10. The summed E-state index contributed by atoms with van der Waals surface area (Å²) in [7, 11) is 0. The van der Waals surface area contributed by atoms with Crippen LogP contribution in [0.15, 0.2) is 42.5 Å². The molecule has 0 aliphatic carbocycles. The van der Waals surface area contributed by atoms with Crippen molar-refractivity contribution in [1.82, 2.24) is 0 Å². The van der Waals surface area contributed by atoms with Crippen molar-refractivity contribution < 1.29 is 9.47 Å². The van der Waals surface area contributed by atoms with Crippen molar-refractivity contribution in [3.05, 3.63) is 48.0 Å². The molecule has 3 rings (SSSR count). The minimum Gasteiger partial charge on any atom is -0.345 e. The van der Waals surface area contributed by atoms with Gasteiger partial charge in [0.25, 0.3) is 0 Å². The molecule has 0 bridgehead atoms. The van der Waals surface area contributed by atoms with E-state index in [1.807, 2.05) is 0 Å². The minimum atomic E-state index is -0.667. The SMILES string of the molecule is CC1(C)COC(CBr)(c2ccc3ccccc3c2)OC1. The van der Waals surface area contributed by atoms with Gasteiger partial charge in [-0.3, -0.25) is 0 Å². The van der Waals surface area contributed by atoms with Gasteiger partial charge >= 0.3 is 0 Å². The number of benzene rings is 2. The summed E-state index contributed by atoms with van der Waals surface area (Å²) in [5, 5.41) is 3.08. The summed E-state index contributed by atoms with van der Waals surface area (Å²) >= 11 is 3.56. The fourth-order valence-corrected chi connectivity index (χ4v) is 3.10. The lowest BCUT2D eigenvalue weighted by Crippen LogP contribution is -2.46. The normalized spacial score (nSPS) is 20.9. The van der Waals surface area contributed by atoms with Crippen LogP contribution in [0.5, 0.6) is 0 Å². The lowest BCUT2D eigenvalue weighted by molar-refractivity contribution is -0.294. The van der Waals surface area contributed by atoms with E-state index in [-0.39, 0.29) is 5.41 Å². The van der Waals surface area contributed by atoms with Crippen LogP contribution in [0.2, 0.25) is 0 Å². The van der Waals surface area contributed by atoms with Gasteiger partial charge in [-0.05, 0) is 16.8 Å². The van der Waals surface area contributed by atoms with Gasteiger partial charge < -0.3 is 9.47 Å². The zero-order chi connectivity index (χ0) is 14.2. The van der Waals surface area contributed by atoms with Gasteiger partial charge in [0.05, 0.1) is 18.5 Å². The van der Waals surface area contributed by atoms with Crippen molar-refractivity contribution in [2.24, 2.45) is 5.41 Å². The Bertz CT molecular complexity index is 611. The summed E-state index contributed by atoms with van der Waals surface area (Å²) in [6.07, 6.45) is 0. The third-order valence-electron chi connectivity index (χ3n) is 3.76. The van der Waals surface area contributed by atoms with Crippen LogP contribution in [-0.2, 0) is 15.3 Å². The Morgan fingerprint density at radius 3 is 2.30 bits per heavy atom. The Balaban J connectivity index is 1.99. The summed E-state index contributed by atoms with van der Waals surface area (Å²) < 4.78 is 12.2. The van der Waals surface area contributed by atoms with E-state index in [9.17, 15) is 0 Å². The highest BCUT2D eigenvalue weighted by molar-refractivity contribution is 9.09. The van der Waals surface area contributed by atoms with Crippen LogP contribution in [0.25, 0.3) is 10.8 Å². The molecule has 0 saturated carbocycles. The number of ether oxygens (including phenoxy) is 2. The Labute approximate surface area is 128 Å². The van der Waals surface area contributed by atoms with Crippen molar-refractivity contribution in [2.45, 2.75) is 19.6 Å². The van der Waals surface area contributed by atoms with Gasteiger partial charge in [0.2, 0.25) is 5.79 Å². The molecule has 1 aliphatic rings. The molecule has 1 aliphatic heterocycles. The molecular formula is C17H19BrO2. The van der Waals surface area contributed by atoms with Gasteiger partial charge in [0.1, 0.15) is 0 Å². The Morgan fingerprint density at radius 1 is 1.00 bits per heavy atom. The molecule has 0 unspecified atom stereocenters. The van der Waals surface area contributed by atoms with Crippen molar-refractivity contribution >= 4 is 26.7 Å². The molecule has 3 heteroatoms. The van der Waals surface area contributed by atoms with Gasteiger partial charge in [-0.15, -0.1) is 0 Å². The second-order valence-electron chi connectivity index (χ2n) is 6.19. The van der Waals surface area contributed by atoms with Gasteiger partial charge in [-0.1, -0.05) is 66.2 Å². The molecule has 20 heavy (non-hydrogen) atoms. The largest absolute Gasteiger partial charge is 0.345 e. The van der Waals surface area contributed by atoms with E-state index in [2.05, 4.69) is 72.2 Å². The number of fused-ring (bicyclic) bond motifs is 1. The summed E-state index contributed by atoms with van der Waals surface area (Å²) in [6, 6.07) is 14.7. The van der Waals surface area contributed by atoms with Crippen LogP contribution in [0.1, 0.15) is 19.4 Å². The first-order valence-electron chi connectivity index (χ1n) is 6.88. The molecule has 1 heterocycles. The van der Waals surface area contributed by atoms with Crippen LogP contribution < -0.4 is 0 Å². The number of halogens is 1. The predicted octanol–water partition coefficient (Wildman–Crippen LogP) is 4.46. The van der Waals surface area contributed by atoms with E-state index >= 15 is 0 Å². The Hall–Kier alpha value is -0.900. The number of rotatable bonds is 2. The lowest BCUT2D eigenvalue weighted by atomic mass is 9.93. The van der Waals surface area contributed by atoms with E-state index in [0.717, 1.165) is 5.56 Å². The summed E-state index contributed by atoms with van der Waals surface area (Å²) in [5.41, 5.74) is 1.14. The maximum absolute atomic E-state index is 6.10. The molecule has 0 spiro atoms. The fraction of sp³-hybridized carbons (Fsp3) is 0.412. The number of hydrogen-bond acceptors (Lipinski definition) is 2. The molecule has 0 aromatic heterocycles. The van der Waals surface area contributed by atoms with Crippen LogP contribution in [0.4, 0.5) is 0 Å². The zero-order valence-electron chi connectivity index (χ0n) is 11.9. The summed E-state index contributed by atoms with van der Waals surface area (Å²) in [6.45, 7) is 5.72. The molecule has 0 amide bonds. The molecule has 2 aromatic rings. The molecule has 2 nitrogen and oxygen atoms in total. The monoisotopic (exact) mass is 334 g/mol. The van der Waals surface area contributed by atoms with Crippen molar-refractivity contribution in [1.29, 1.82) is 0 Å². The Kier molecular flexibility index (Phi) is 3.61. The highest BCUT2D eigenvalue weighted by Gasteiger charge is 2.41. The molecule has 2 aromatic carbocycles. The minimum absolute atomic E-state index is 0.0719. The fourth-order valence-electron chi connectivity index (χ4n) is 2.45. The summed E-state index contributed by atoms with van der Waals surface area (Å²) in [4.78, 5) is 0. The van der Waals surface area contributed by atoms with E-state index in [4.69, 9.17) is 9.47 Å². The first-order chi connectivity index (χ1) is 9.55. The van der Waals surface area contributed by atoms with Crippen LogP contribution in [-0.4, -0.2) is 18.5 Å². The third-order valence-corrected chi connectivity index (χ3v) is 4.50. The average molecular weight is 335 g/mol. The van der Waals surface area contributed by atoms with E-state index in [0.29, 0.717) is 18.5 Å². The summed E-state index contributed by atoms with van der Waals surface area (Å²) in [5.74, 6) is -0.667. The number of alkyl halides is 1. The number of hydrogen-bond donors (Lipinski definition) is 0.